The van der Waals surface area contributed by atoms with Crippen LogP contribution in [0.2, 0.25) is 0 Å². The van der Waals surface area contributed by atoms with Crippen molar-refractivity contribution in [1.29, 1.82) is 0 Å². The number of likely N-dealkylation sites (tertiary alicyclic amines) is 1. The van der Waals surface area contributed by atoms with Crippen molar-refractivity contribution in [3.8, 4) is 0 Å². The van der Waals surface area contributed by atoms with Crippen LogP contribution in [0.15, 0.2) is 24.3 Å². The number of hydrogen-bond donors (Lipinski definition) is 1. The smallest absolute Gasteiger partial charge is 0.308 e. The highest BCUT2D eigenvalue weighted by atomic mass is 19.1. The number of carboxylic acid groups (broad SMARTS) is 1. The third-order valence-electron chi connectivity index (χ3n) is 4.39. The van der Waals surface area contributed by atoms with Gasteiger partial charge >= 0.3 is 5.97 Å². The number of aliphatic carboxylic acids is 1. The van der Waals surface area contributed by atoms with Gasteiger partial charge in [-0.05, 0) is 43.4 Å². The highest BCUT2D eigenvalue weighted by molar-refractivity contribution is 5.79. The fourth-order valence-electron chi connectivity index (χ4n) is 3.18. The van der Waals surface area contributed by atoms with E-state index in [0.717, 1.165) is 5.56 Å². The van der Waals surface area contributed by atoms with Crippen LogP contribution < -0.4 is 0 Å². The maximum absolute atomic E-state index is 13.2. The minimum absolute atomic E-state index is 0.0137. The number of rotatable bonds is 5. The second-order valence-electron chi connectivity index (χ2n) is 6.20. The van der Waals surface area contributed by atoms with Crippen molar-refractivity contribution < 1.29 is 19.1 Å². The van der Waals surface area contributed by atoms with Gasteiger partial charge in [-0.15, -0.1) is 0 Å². The molecule has 1 N–H and O–H groups in total. The molecule has 3 atom stereocenters. The predicted molar refractivity (Wildman–Crippen MR) is 80.8 cm³/mol. The molecule has 1 amide bonds. The Bertz CT molecular complexity index is 561. The van der Waals surface area contributed by atoms with Crippen molar-refractivity contribution >= 4 is 11.9 Å². The molecule has 1 heterocycles. The van der Waals surface area contributed by atoms with Crippen LogP contribution in [0.1, 0.15) is 32.3 Å². The maximum atomic E-state index is 13.2. The van der Waals surface area contributed by atoms with Crippen LogP contribution >= 0.6 is 0 Å². The van der Waals surface area contributed by atoms with E-state index in [4.69, 9.17) is 5.11 Å². The molecule has 1 aromatic rings. The molecule has 2 rings (SSSR count). The number of benzene rings is 1. The van der Waals surface area contributed by atoms with E-state index in [0.29, 0.717) is 25.8 Å². The van der Waals surface area contributed by atoms with Gasteiger partial charge in [0.2, 0.25) is 5.91 Å². The van der Waals surface area contributed by atoms with Crippen molar-refractivity contribution in [3.05, 3.63) is 35.6 Å². The predicted octanol–water partition coefficient (Wildman–Crippen LogP) is 2.72. The Hall–Kier alpha value is -1.91. The molecule has 4 nitrogen and oxygen atoms in total. The molecule has 5 heteroatoms. The molecule has 0 spiro atoms. The SMILES string of the molecule is CC(CC(=O)N1CCC(C(=O)O)C1C)Cc1cccc(F)c1. The minimum Gasteiger partial charge on any atom is -0.481 e. The molecule has 1 fully saturated rings. The van der Waals surface area contributed by atoms with E-state index in [1.54, 1.807) is 17.9 Å². The molecule has 0 saturated carbocycles. The number of carbonyl (C=O) groups is 2. The lowest BCUT2D eigenvalue weighted by Crippen LogP contribution is -2.38. The molecule has 0 radical (unpaired) electrons. The van der Waals surface area contributed by atoms with Gasteiger partial charge < -0.3 is 10.0 Å². The Morgan fingerprint density at radius 1 is 1.45 bits per heavy atom. The summed E-state index contributed by atoms with van der Waals surface area (Å²) in [4.78, 5) is 25.1. The molecular weight excluding hydrogens is 285 g/mol. The van der Waals surface area contributed by atoms with Gasteiger partial charge in [-0.25, -0.2) is 4.39 Å². The Balaban J connectivity index is 1.90. The fourth-order valence-corrected chi connectivity index (χ4v) is 3.18. The van der Waals surface area contributed by atoms with E-state index in [1.165, 1.54) is 12.1 Å². The third kappa shape index (κ3) is 3.84. The summed E-state index contributed by atoms with van der Waals surface area (Å²) in [5, 5.41) is 9.11. The lowest BCUT2D eigenvalue weighted by molar-refractivity contribution is -0.143. The lowest BCUT2D eigenvalue weighted by Gasteiger charge is -2.24. The van der Waals surface area contributed by atoms with Gasteiger partial charge in [0.15, 0.2) is 0 Å². The summed E-state index contributed by atoms with van der Waals surface area (Å²) in [5.74, 6) is -1.50. The Labute approximate surface area is 129 Å². The first-order chi connectivity index (χ1) is 10.4. The van der Waals surface area contributed by atoms with Gasteiger partial charge in [-0.3, -0.25) is 9.59 Å². The van der Waals surface area contributed by atoms with Gasteiger partial charge in [0, 0.05) is 19.0 Å². The summed E-state index contributed by atoms with van der Waals surface area (Å²) < 4.78 is 13.2. The summed E-state index contributed by atoms with van der Waals surface area (Å²) >= 11 is 0. The molecule has 22 heavy (non-hydrogen) atoms. The Morgan fingerprint density at radius 2 is 2.18 bits per heavy atom. The van der Waals surface area contributed by atoms with Gasteiger partial charge in [-0.1, -0.05) is 19.1 Å². The van der Waals surface area contributed by atoms with Gasteiger partial charge in [0.1, 0.15) is 5.82 Å². The number of carboxylic acids is 1. The molecule has 1 saturated heterocycles. The third-order valence-corrected chi connectivity index (χ3v) is 4.39. The topological polar surface area (TPSA) is 57.6 Å². The van der Waals surface area contributed by atoms with E-state index in [-0.39, 0.29) is 23.7 Å². The number of halogens is 1. The van der Waals surface area contributed by atoms with Gasteiger partial charge in [0.05, 0.1) is 5.92 Å². The van der Waals surface area contributed by atoms with E-state index >= 15 is 0 Å². The zero-order valence-electron chi connectivity index (χ0n) is 13.0. The van der Waals surface area contributed by atoms with Crippen molar-refractivity contribution in [3.63, 3.8) is 0 Å². The average molecular weight is 307 g/mol. The number of hydrogen-bond acceptors (Lipinski definition) is 2. The highest BCUT2D eigenvalue weighted by Crippen LogP contribution is 2.26. The Morgan fingerprint density at radius 3 is 2.77 bits per heavy atom. The van der Waals surface area contributed by atoms with Gasteiger partial charge in [0.25, 0.3) is 0 Å². The van der Waals surface area contributed by atoms with Crippen LogP contribution in [0.25, 0.3) is 0 Å². The summed E-state index contributed by atoms with van der Waals surface area (Å²) in [5.41, 5.74) is 0.873. The summed E-state index contributed by atoms with van der Waals surface area (Å²) in [6.45, 7) is 4.25. The Kier molecular flexibility index (Phi) is 5.16. The molecule has 1 aliphatic heterocycles. The summed E-state index contributed by atoms with van der Waals surface area (Å²) in [6.07, 6.45) is 1.50. The molecule has 1 aromatic carbocycles. The number of nitrogens with zero attached hydrogens (tertiary/aromatic N) is 1. The largest absolute Gasteiger partial charge is 0.481 e. The van der Waals surface area contributed by atoms with E-state index in [9.17, 15) is 14.0 Å². The maximum Gasteiger partial charge on any atom is 0.308 e. The first kappa shape index (κ1) is 16.5. The monoisotopic (exact) mass is 307 g/mol. The zero-order valence-corrected chi connectivity index (χ0v) is 13.0. The number of amides is 1. The molecule has 1 aliphatic rings. The first-order valence-corrected chi connectivity index (χ1v) is 7.65. The molecule has 3 unspecified atom stereocenters. The van der Waals surface area contributed by atoms with E-state index in [2.05, 4.69) is 0 Å². The average Bonchev–Trinajstić information content (AvgIpc) is 2.80. The fraction of sp³-hybridized carbons (Fsp3) is 0.529. The van der Waals surface area contributed by atoms with Gasteiger partial charge in [-0.2, -0.15) is 0 Å². The highest BCUT2D eigenvalue weighted by Gasteiger charge is 2.38. The molecule has 0 aliphatic carbocycles. The zero-order chi connectivity index (χ0) is 16.3. The quantitative estimate of drug-likeness (QED) is 0.910. The van der Waals surface area contributed by atoms with Crippen LogP contribution in [0, 0.1) is 17.7 Å². The standard InChI is InChI=1S/C17H22FNO3/c1-11(8-13-4-3-5-14(18)10-13)9-16(20)19-7-6-15(12(19)2)17(21)22/h3-5,10-12,15H,6-9H2,1-2H3,(H,21,22). The summed E-state index contributed by atoms with van der Waals surface area (Å²) in [6, 6.07) is 6.14. The van der Waals surface area contributed by atoms with Crippen LogP contribution in [-0.4, -0.2) is 34.5 Å². The summed E-state index contributed by atoms with van der Waals surface area (Å²) in [7, 11) is 0. The van der Waals surface area contributed by atoms with E-state index < -0.39 is 11.9 Å². The molecule has 0 aromatic heterocycles. The second-order valence-corrected chi connectivity index (χ2v) is 6.20. The normalized spacial score (nSPS) is 22.6. The van der Waals surface area contributed by atoms with Crippen LogP contribution in [0.4, 0.5) is 4.39 Å². The first-order valence-electron chi connectivity index (χ1n) is 7.65. The lowest BCUT2D eigenvalue weighted by atomic mass is 9.97. The van der Waals surface area contributed by atoms with Crippen LogP contribution in [-0.2, 0) is 16.0 Å². The van der Waals surface area contributed by atoms with Crippen molar-refractivity contribution in [2.45, 2.75) is 39.2 Å². The molecular formula is C17H22FNO3. The van der Waals surface area contributed by atoms with Crippen molar-refractivity contribution in [2.24, 2.45) is 11.8 Å². The molecule has 120 valence electrons. The van der Waals surface area contributed by atoms with Crippen LogP contribution in [0.5, 0.6) is 0 Å². The number of carbonyl (C=O) groups excluding carboxylic acids is 1. The minimum atomic E-state index is -0.837. The second kappa shape index (κ2) is 6.90. The molecule has 0 bridgehead atoms. The van der Waals surface area contributed by atoms with Crippen molar-refractivity contribution in [2.75, 3.05) is 6.54 Å². The van der Waals surface area contributed by atoms with Crippen LogP contribution in [0.3, 0.4) is 0 Å². The van der Waals surface area contributed by atoms with E-state index in [1.807, 2.05) is 13.0 Å². The van der Waals surface area contributed by atoms with Crippen molar-refractivity contribution in [1.82, 2.24) is 4.90 Å².